The largest absolute Gasteiger partial charge is 0.497 e. The van der Waals surface area contributed by atoms with Gasteiger partial charge in [-0.2, -0.15) is 0 Å². The van der Waals surface area contributed by atoms with E-state index in [1.807, 2.05) is 0 Å². The molecule has 1 aromatic rings. The maximum atomic E-state index is 11.6. The highest BCUT2D eigenvalue weighted by Crippen LogP contribution is 2.21. The molecule has 1 N–H and O–H groups in total. The van der Waals surface area contributed by atoms with E-state index in [-0.39, 0.29) is 13.0 Å². The molecule has 0 atom stereocenters. The number of ether oxygens (including phenoxy) is 1. The predicted molar refractivity (Wildman–Crippen MR) is 67.4 cm³/mol. The number of hydrogen-bond donors (Lipinski definition) is 1. The molecule has 0 aromatic heterocycles. The molecular weight excluding hydrogens is 258 g/mol. The Kier molecular flexibility index (Phi) is 4.55. The molecule has 0 radical (unpaired) electrons. The quantitative estimate of drug-likeness (QED) is 0.833. The molecular formula is C11H15NO5S. The number of sulfonamides is 1. The van der Waals surface area contributed by atoms with Crippen molar-refractivity contribution in [1.29, 1.82) is 0 Å². The summed E-state index contributed by atoms with van der Waals surface area (Å²) in [5, 5.41) is 8.62. The summed E-state index contributed by atoms with van der Waals surface area (Å²) in [6.07, 6.45) is 0.790. The molecule has 18 heavy (non-hydrogen) atoms. The van der Waals surface area contributed by atoms with E-state index in [1.165, 1.54) is 7.11 Å². The fraction of sp³-hybridized carbons (Fsp3) is 0.364. The van der Waals surface area contributed by atoms with Crippen LogP contribution in [0.4, 0.5) is 5.69 Å². The Morgan fingerprint density at radius 3 is 2.28 bits per heavy atom. The van der Waals surface area contributed by atoms with Gasteiger partial charge in [-0.05, 0) is 24.3 Å². The Bertz CT molecular complexity index is 509. The third-order valence-corrected chi connectivity index (χ3v) is 3.48. The fourth-order valence-electron chi connectivity index (χ4n) is 1.43. The van der Waals surface area contributed by atoms with E-state index in [2.05, 4.69) is 0 Å². The summed E-state index contributed by atoms with van der Waals surface area (Å²) in [5.74, 6) is -0.442. The van der Waals surface area contributed by atoms with Crippen molar-refractivity contribution in [3.05, 3.63) is 24.3 Å². The van der Waals surface area contributed by atoms with Crippen LogP contribution in [0.3, 0.4) is 0 Å². The second-order valence-electron chi connectivity index (χ2n) is 3.68. The second-order valence-corrected chi connectivity index (χ2v) is 5.58. The van der Waals surface area contributed by atoms with E-state index in [0.29, 0.717) is 11.4 Å². The summed E-state index contributed by atoms with van der Waals surface area (Å²) in [6.45, 7) is -0.0967. The fourth-order valence-corrected chi connectivity index (χ4v) is 2.36. The average molecular weight is 273 g/mol. The molecule has 0 aliphatic carbocycles. The van der Waals surface area contributed by atoms with Gasteiger partial charge in [0.25, 0.3) is 0 Å². The van der Waals surface area contributed by atoms with E-state index in [0.717, 1.165) is 10.6 Å². The van der Waals surface area contributed by atoms with Gasteiger partial charge in [-0.1, -0.05) is 0 Å². The molecule has 0 amide bonds. The molecule has 6 nitrogen and oxygen atoms in total. The van der Waals surface area contributed by atoms with Gasteiger partial charge < -0.3 is 9.84 Å². The number of benzene rings is 1. The maximum Gasteiger partial charge on any atom is 0.305 e. The summed E-state index contributed by atoms with van der Waals surface area (Å²) in [5.41, 5.74) is 0.416. The molecule has 7 heteroatoms. The van der Waals surface area contributed by atoms with Crippen molar-refractivity contribution in [3.8, 4) is 5.75 Å². The minimum absolute atomic E-state index is 0.0967. The van der Waals surface area contributed by atoms with Gasteiger partial charge >= 0.3 is 5.97 Å². The van der Waals surface area contributed by atoms with Gasteiger partial charge in [-0.25, -0.2) is 8.42 Å². The first-order chi connectivity index (χ1) is 8.34. The average Bonchev–Trinajstić information content (AvgIpc) is 2.28. The summed E-state index contributed by atoms with van der Waals surface area (Å²) < 4.78 is 29.2. The summed E-state index contributed by atoms with van der Waals surface area (Å²) >= 11 is 0. The minimum atomic E-state index is -3.50. The molecule has 0 spiro atoms. The van der Waals surface area contributed by atoms with Gasteiger partial charge in [0.15, 0.2) is 0 Å². The zero-order valence-electron chi connectivity index (χ0n) is 10.2. The third kappa shape index (κ3) is 3.92. The normalized spacial score (nSPS) is 11.0. The van der Waals surface area contributed by atoms with E-state index >= 15 is 0 Å². The Morgan fingerprint density at radius 2 is 1.89 bits per heavy atom. The van der Waals surface area contributed by atoms with Crippen LogP contribution in [-0.4, -0.2) is 39.4 Å². The van der Waals surface area contributed by atoms with Gasteiger partial charge in [0.05, 0.1) is 25.5 Å². The Balaban J connectivity index is 2.98. The standard InChI is InChI=1S/C11H15NO5S/c1-17-10-5-3-9(4-6-10)12(18(2,15)16)8-7-11(13)14/h3-6H,7-8H2,1-2H3,(H,13,14). The molecule has 0 aliphatic rings. The lowest BCUT2D eigenvalue weighted by Crippen LogP contribution is -2.31. The Labute approximate surface area is 106 Å². The number of carboxylic acids is 1. The number of hydrogen-bond acceptors (Lipinski definition) is 4. The molecule has 1 rings (SSSR count). The van der Waals surface area contributed by atoms with Crippen LogP contribution in [0.2, 0.25) is 0 Å². The van der Waals surface area contributed by atoms with Crippen LogP contribution in [0.25, 0.3) is 0 Å². The SMILES string of the molecule is COc1ccc(N(CCC(=O)O)S(C)(=O)=O)cc1. The molecule has 0 unspecified atom stereocenters. The molecule has 1 aromatic carbocycles. The Hall–Kier alpha value is -1.76. The lowest BCUT2D eigenvalue weighted by Gasteiger charge is -2.21. The molecule has 0 aliphatic heterocycles. The van der Waals surface area contributed by atoms with Gasteiger partial charge in [0, 0.05) is 6.54 Å². The van der Waals surface area contributed by atoms with Crippen molar-refractivity contribution in [3.63, 3.8) is 0 Å². The van der Waals surface area contributed by atoms with Crippen LogP contribution in [-0.2, 0) is 14.8 Å². The van der Waals surface area contributed by atoms with E-state index in [1.54, 1.807) is 24.3 Å². The van der Waals surface area contributed by atoms with Crippen LogP contribution in [0.5, 0.6) is 5.75 Å². The first kappa shape index (κ1) is 14.3. The summed E-state index contributed by atoms with van der Waals surface area (Å²) in [7, 11) is -2.00. The number of nitrogens with zero attached hydrogens (tertiary/aromatic N) is 1. The van der Waals surface area contributed by atoms with Gasteiger partial charge in [-0.3, -0.25) is 9.10 Å². The van der Waals surface area contributed by atoms with Crippen LogP contribution in [0.15, 0.2) is 24.3 Å². The van der Waals surface area contributed by atoms with Gasteiger partial charge in [0.2, 0.25) is 10.0 Å². The van der Waals surface area contributed by atoms with Gasteiger partial charge in [-0.15, -0.1) is 0 Å². The van der Waals surface area contributed by atoms with Crippen molar-refractivity contribution in [1.82, 2.24) is 0 Å². The van der Waals surface area contributed by atoms with Crippen LogP contribution in [0.1, 0.15) is 6.42 Å². The number of carbonyl (C=O) groups is 1. The number of aliphatic carboxylic acids is 1. The highest BCUT2D eigenvalue weighted by Gasteiger charge is 2.18. The zero-order chi connectivity index (χ0) is 13.8. The molecule has 0 bridgehead atoms. The molecule has 0 fully saturated rings. The third-order valence-electron chi connectivity index (χ3n) is 2.29. The molecule has 0 saturated carbocycles. The lowest BCUT2D eigenvalue weighted by atomic mass is 10.3. The highest BCUT2D eigenvalue weighted by molar-refractivity contribution is 7.92. The number of anilines is 1. The van der Waals surface area contributed by atoms with Crippen molar-refractivity contribution in [2.45, 2.75) is 6.42 Å². The monoisotopic (exact) mass is 273 g/mol. The summed E-state index contributed by atoms with van der Waals surface area (Å²) in [4.78, 5) is 10.5. The van der Waals surface area contributed by atoms with E-state index < -0.39 is 16.0 Å². The van der Waals surface area contributed by atoms with Crippen LogP contribution < -0.4 is 9.04 Å². The van der Waals surface area contributed by atoms with Crippen molar-refractivity contribution < 1.29 is 23.1 Å². The zero-order valence-corrected chi connectivity index (χ0v) is 11.0. The number of rotatable bonds is 6. The van der Waals surface area contributed by atoms with Gasteiger partial charge in [0.1, 0.15) is 5.75 Å². The molecule has 0 heterocycles. The highest BCUT2D eigenvalue weighted by atomic mass is 32.2. The summed E-state index contributed by atoms with van der Waals surface area (Å²) in [6, 6.07) is 6.38. The minimum Gasteiger partial charge on any atom is -0.497 e. The Morgan fingerprint density at radius 1 is 1.33 bits per heavy atom. The van der Waals surface area contributed by atoms with Crippen molar-refractivity contribution in [2.75, 3.05) is 24.2 Å². The molecule has 100 valence electrons. The molecule has 0 saturated heterocycles. The van der Waals surface area contributed by atoms with E-state index in [4.69, 9.17) is 9.84 Å². The second kappa shape index (κ2) is 5.72. The topological polar surface area (TPSA) is 83.9 Å². The van der Waals surface area contributed by atoms with Crippen molar-refractivity contribution >= 4 is 21.7 Å². The smallest absolute Gasteiger partial charge is 0.305 e. The number of carboxylic acid groups (broad SMARTS) is 1. The van der Waals surface area contributed by atoms with Crippen molar-refractivity contribution in [2.24, 2.45) is 0 Å². The number of methoxy groups -OCH3 is 1. The first-order valence-electron chi connectivity index (χ1n) is 5.18. The van der Waals surface area contributed by atoms with E-state index in [9.17, 15) is 13.2 Å². The lowest BCUT2D eigenvalue weighted by molar-refractivity contribution is -0.136. The first-order valence-corrected chi connectivity index (χ1v) is 7.03. The van der Waals surface area contributed by atoms with Crippen LogP contribution in [0, 0.1) is 0 Å². The predicted octanol–water partition coefficient (Wildman–Crippen LogP) is 0.936. The van der Waals surface area contributed by atoms with Crippen LogP contribution >= 0.6 is 0 Å². The maximum absolute atomic E-state index is 11.6.